The van der Waals surface area contributed by atoms with Crippen molar-refractivity contribution in [3.63, 3.8) is 0 Å². The normalized spacial score (nSPS) is 16.3. The van der Waals surface area contributed by atoms with Crippen LogP contribution in [0.1, 0.15) is 34.2 Å². The summed E-state index contributed by atoms with van der Waals surface area (Å²) < 4.78 is 5.39. The molecule has 1 fully saturated rings. The van der Waals surface area contributed by atoms with Gasteiger partial charge in [0.2, 0.25) is 5.91 Å². The molecule has 0 aliphatic carbocycles. The average molecular weight is 400 g/mol. The molecular formula is C19H20N4O6. The van der Waals surface area contributed by atoms with Gasteiger partial charge in [0, 0.05) is 30.3 Å². The van der Waals surface area contributed by atoms with E-state index in [9.17, 15) is 24.0 Å². The van der Waals surface area contributed by atoms with Gasteiger partial charge in [-0.05, 0) is 19.1 Å². The summed E-state index contributed by atoms with van der Waals surface area (Å²) in [6.45, 7) is 2.06. The van der Waals surface area contributed by atoms with Crippen molar-refractivity contribution in [1.29, 1.82) is 0 Å². The molecule has 3 rings (SSSR count). The van der Waals surface area contributed by atoms with Crippen molar-refractivity contribution >= 4 is 23.3 Å². The van der Waals surface area contributed by atoms with Crippen molar-refractivity contribution < 1.29 is 19.1 Å². The predicted octanol–water partition coefficient (Wildman–Crippen LogP) is 0.136. The highest BCUT2D eigenvalue weighted by Gasteiger charge is 2.30. The Morgan fingerprint density at radius 3 is 2.72 bits per heavy atom. The van der Waals surface area contributed by atoms with Crippen LogP contribution in [-0.2, 0) is 9.53 Å². The summed E-state index contributed by atoms with van der Waals surface area (Å²) in [7, 11) is 0. The fourth-order valence-corrected chi connectivity index (χ4v) is 3.07. The molecule has 10 heteroatoms. The lowest BCUT2D eigenvalue weighted by atomic mass is 10.1. The van der Waals surface area contributed by atoms with Crippen LogP contribution in [0.3, 0.4) is 0 Å². The molecule has 1 aromatic carbocycles. The molecule has 0 unspecified atom stereocenters. The zero-order valence-electron chi connectivity index (χ0n) is 15.7. The fraction of sp³-hybridized carbons (Fsp3) is 0.316. The van der Waals surface area contributed by atoms with Crippen molar-refractivity contribution in [2.24, 2.45) is 0 Å². The zero-order valence-corrected chi connectivity index (χ0v) is 15.7. The number of amides is 2. The molecule has 0 bridgehead atoms. The molecule has 3 N–H and O–H groups in total. The van der Waals surface area contributed by atoms with E-state index in [1.54, 1.807) is 24.3 Å². The molecule has 29 heavy (non-hydrogen) atoms. The minimum absolute atomic E-state index is 0.0521. The van der Waals surface area contributed by atoms with Crippen LogP contribution >= 0.6 is 0 Å². The van der Waals surface area contributed by atoms with Crippen molar-refractivity contribution in [2.75, 3.05) is 25.1 Å². The quantitative estimate of drug-likeness (QED) is 0.610. The van der Waals surface area contributed by atoms with Crippen LogP contribution in [0, 0.1) is 0 Å². The SMILES string of the molecule is CC(=O)c1cccc(NC(=O)C[C@@H]2COCCN2C(=O)c2cc(=O)[nH]c(=O)[nH]2)c1. The number of hydrogen-bond donors (Lipinski definition) is 3. The minimum Gasteiger partial charge on any atom is -0.377 e. The Morgan fingerprint density at radius 2 is 2.00 bits per heavy atom. The smallest absolute Gasteiger partial charge is 0.326 e. The summed E-state index contributed by atoms with van der Waals surface area (Å²) in [6.07, 6.45) is -0.0521. The predicted molar refractivity (Wildman–Crippen MR) is 103 cm³/mol. The Hall–Kier alpha value is -3.53. The Labute approximate surface area is 164 Å². The second kappa shape index (κ2) is 8.65. The number of Topliss-reactive ketones (excluding diaryl/α,β-unsaturated/α-hetero) is 1. The maximum absolute atomic E-state index is 12.8. The van der Waals surface area contributed by atoms with Gasteiger partial charge in [-0.3, -0.25) is 24.2 Å². The third-order valence-corrected chi connectivity index (χ3v) is 4.45. The van der Waals surface area contributed by atoms with Crippen LogP contribution in [0.25, 0.3) is 0 Å². The third kappa shape index (κ3) is 5.05. The van der Waals surface area contributed by atoms with Gasteiger partial charge in [0.15, 0.2) is 5.78 Å². The number of hydrogen-bond acceptors (Lipinski definition) is 6. The van der Waals surface area contributed by atoms with Gasteiger partial charge in [-0.25, -0.2) is 4.79 Å². The van der Waals surface area contributed by atoms with Gasteiger partial charge >= 0.3 is 5.69 Å². The van der Waals surface area contributed by atoms with E-state index in [1.807, 2.05) is 4.98 Å². The maximum Gasteiger partial charge on any atom is 0.326 e. The van der Waals surface area contributed by atoms with Gasteiger partial charge in [-0.2, -0.15) is 0 Å². The highest BCUT2D eigenvalue weighted by atomic mass is 16.5. The van der Waals surface area contributed by atoms with E-state index in [0.29, 0.717) is 11.3 Å². The Kier molecular flexibility index (Phi) is 6.03. The first-order chi connectivity index (χ1) is 13.8. The molecule has 2 heterocycles. The first kappa shape index (κ1) is 20.2. The van der Waals surface area contributed by atoms with Crippen molar-refractivity contribution in [3.05, 3.63) is 62.4 Å². The van der Waals surface area contributed by atoms with Gasteiger partial charge in [-0.1, -0.05) is 12.1 Å². The van der Waals surface area contributed by atoms with Crippen LogP contribution < -0.4 is 16.6 Å². The molecule has 0 spiro atoms. The second-order valence-corrected chi connectivity index (χ2v) is 6.62. The number of benzene rings is 1. The van der Waals surface area contributed by atoms with E-state index in [0.717, 1.165) is 6.07 Å². The van der Waals surface area contributed by atoms with Crippen molar-refractivity contribution in [1.82, 2.24) is 14.9 Å². The lowest BCUT2D eigenvalue weighted by Gasteiger charge is -2.35. The van der Waals surface area contributed by atoms with E-state index in [4.69, 9.17) is 4.74 Å². The standard InChI is InChI=1S/C19H20N4O6/c1-11(24)12-3-2-4-13(7-12)20-16(25)8-14-10-29-6-5-23(14)18(27)15-9-17(26)22-19(28)21-15/h2-4,7,9,14H,5-6,8,10H2,1H3,(H,20,25)(H2,21,22,26,28)/t14-/m1/s1. The summed E-state index contributed by atoms with van der Waals surface area (Å²) in [4.78, 5) is 65.3. The number of ketones is 1. The van der Waals surface area contributed by atoms with Crippen LogP contribution in [-0.4, -0.2) is 58.3 Å². The van der Waals surface area contributed by atoms with Gasteiger partial charge in [-0.15, -0.1) is 0 Å². The number of nitrogens with zero attached hydrogens (tertiary/aromatic N) is 1. The first-order valence-corrected chi connectivity index (χ1v) is 8.96. The number of ether oxygens (including phenoxy) is 1. The van der Waals surface area contributed by atoms with Crippen LogP contribution in [0.15, 0.2) is 39.9 Å². The van der Waals surface area contributed by atoms with E-state index in [1.165, 1.54) is 11.8 Å². The number of aromatic amines is 2. The number of nitrogens with one attached hydrogen (secondary N) is 3. The van der Waals surface area contributed by atoms with Gasteiger partial charge in [0.25, 0.3) is 11.5 Å². The molecule has 10 nitrogen and oxygen atoms in total. The van der Waals surface area contributed by atoms with Crippen LogP contribution in [0.4, 0.5) is 5.69 Å². The molecule has 1 aliphatic rings. The Bertz CT molecular complexity index is 1030. The molecule has 0 saturated carbocycles. The fourth-order valence-electron chi connectivity index (χ4n) is 3.07. The van der Waals surface area contributed by atoms with Gasteiger partial charge < -0.3 is 19.9 Å². The van der Waals surface area contributed by atoms with E-state index < -0.39 is 23.2 Å². The van der Waals surface area contributed by atoms with E-state index in [-0.39, 0.29) is 43.6 Å². The molecule has 2 aromatic rings. The topological polar surface area (TPSA) is 141 Å². The molecule has 1 aromatic heterocycles. The number of rotatable bonds is 5. The number of carbonyl (C=O) groups excluding carboxylic acids is 3. The summed E-state index contributed by atoms with van der Waals surface area (Å²) in [6, 6.07) is 6.97. The van der Waals surface area contributed by atoms with Crippen molar-refractivity contribution in [2.45, 2.75) is 19.4 Å². The molecule has 1 aliphatic heterocycles. The number of carbonyl (C=O) groups is 3. The molecule has 2 amide bonds. The number of aromatic nitrogens is 2. The molecule has 152 valence electrons. The summed E-state index contributed by atoms with van der Waals surface area (Å²) in [5.74, 6) is -1.04. The van der Waals surface area contributed by atoms with Gasteiger partial charge in [0.1, 0.15) is 5.69 Å². The molecule has 0 radical (unpaired) electrons. The summed E-state index contributed by atoms with van der Waals surface area (Å²) in [5.41, 5.74) is -0.686. The number of morpholine rings is 1. The number of H-pyrrole nitrogens is 2. The van der Waals surface area contributed by atoms with Crippen LogP contribution in [0.2, 0.25) is 0 Å². The highest BCUT2D eigenvalue weighted by Crippen LogP contribution is 2.16. The lowest BCUT2D eigenvalue weighted by molar-refractivity contribution is -0.118. The third-order valence-electron chi connectivity index (χ3n) is 4.45. The minimum atomic E-state index is -0.784. The summed E-state index contributed by atoms with van der Waals surface area (Å²) >= 11 is 0. The largest absolute Gasteiger partial charge is 0.377 e. The first-order valence-electron chi connectivity index (χ1n) is 8.96. The average Bonchev–Trinajstić information content (AvgIpc) is 2.67. The highest BCUT2D eigenvalue weighted by molar-refractivity contribution is 5.97. The molecule has 1 atom stereocenters. The Balaban J connectivity index is 1.72. The monoisotopic (exact) mass is 400 g/mol. The second-order valence-electron chi connectivity index (χ2n) is 6.62. The zero-order chi connectivity index (χ0) is 21.0. The lowest BCUT2D eigenvalue weighted by Crippen LogP contribution is -2.50. The maximum atomic E-state index is 12.8. The van der Waals surface area contributed by atoms with E-state index in [2.05, 4.69) is 10.3 Å². The van der Waals surface area contributed by atoms with E-state index >= 15 is 0 Å². The number of anilines is 1. The van der Waals surface area contributed by atoms with Crippen LogP contribution in [0.5, 0.6) is 0 Å². The summed E-state index contributed by atoms with van der Waals surface area (Å²) in [5, 5.41) is 2.70. The molecular weight excluding hydrogens is 380 g/mol. The Morgan fingerprint density at radius 1 is 1.21 bits per heavy atom. The van der Waals surface area contributed by atoms with Gasteiger partial charge in [0.05, 0.1) is 19.3 Å². The van der Waals surface area contributed by atoms with Crippen molar-refractivity contribution in [3.8, 4) is 0 Å². The molecule has 1 saturated heterocycles.